The van der Waals surface area contributed by atoms with Crippen LogP contribution in [0, 0.1) is 0 Å². The molecule has 2 heterocycles. The van der Waals surface area contributed by atoms with Gasteiger partial charge >= 0.3 is 6.03 Å². The number of piperidine rings is 1. The quantitative estimate of drug-likeness (QED) is 0.678. The van der Waals surface area contributed by atoms with Gasteiger partial charge < -0.3 is 15.5 Å². The number of nitrogens with one attached hydrogen (secondary N) is 2. The molecule has 4 nitrogen and oxygen atoms in total. The number of hydrogen-bond acceptors (Lipinski definition) is 2. The van der Waals surface area contributed by atoms with Gasteiger partial charge in [-0.3, -0.25) is 0 Å². The number of carbonyl (C=O) groups is 1. The lowest BCUT2D eigenvalue weighted by Crippen LogP contribution is -2.55. The van der Waals surface area contributed by atoms with Crippen molar-refractivity contribution in [1.29, 1.82) is 0 Å². The lowest BCUT2D eigenvalue weighted by atomic mass is 10.1. The second-order valence-corrected chi connectivity index (χ2v) is 3.78. The van der Waals surface area contributed by atoms with Gasteiger partial charge in [0.25, 0.3) is 0 Å². The molecule has 0 saturated carbocycles. The number of urea groups is 1. The highest BCUT2D eigenvalue weighted by Gasteiger charge is 2.26. The van der Waals surface area contributed by atoms with Crippen LogP contribution in [-0.2, 0) is 0 Å². The van der Waals surface area contributed by atoms with Crippen LogP contribution in [-0.4, -0.2) is 43.2 Å². The van der Waals surface area contributed by atoms with E-state index in [-0.39, 0.29) is 18.4 Å². The van der Waals surface area contributed by atoms with Crippen LogP contribution >= 0.6 is 12.4 Å². The molecule has 0 aromatic heterocycles. The van der Waals surface area contributed by atoms with E-state index in [2.05, 4.69) is 10.6 Å². The van der Waals surface area contributed by atoms with Crippen LogP contribution in [0.25, 0.3) is 0 Å². The van der Waals surface area contributed by atoms with Crippen molar-refractivity contribution in [2.75, 3.05) is 26.2 Å². The second-order valence-electron chi connectivity index (χ2n) is 3.78. The Labute approximate surface area is 90.8 Å². The van der Waals surface area contributed by atoms with Gasteiger partial charge in [-0.15, -0.1) is 12.4 Å². The molecule has 0 aromatic rings. The van der Waals surface area contributed by atoms with Crippen molar-refractivity contribution >= 4 is 18.4 Å². The number of amides is 2. The van der Waals surface area contributed by atoms with Crippen molar-refractivity contribution in [3.05, 3.63) is 0 Å². The van der Waals surface area contributed by atoms with E-state index in [9.17, 15) is 4.79 Å². The molecule has 0 aliphatic carbocycles. The normalized spacial score (nSPS) is 27.9. The average Bonchev–Trinajstić information content (AvgIpc) is 2.20. The topological polar surface area (TPSA) is 44.4 Å². The summed E-state index contributed by atoms with van der Waals surface area (Å²) < 4.78 is 0. The first-order valence-corrected chi connectivity index (χ1v) is 5.13. The monoisotopic (exact) mass is 219 g/mol. The molecule has 2 N–H and O–H groups in total. The van der Waals surface area contributed by atoms with E-state index in [1.165, 1.54) is 6.42 Å². The van der Waals surface area contributed by atoms with E-state index < -0.39 is 0 Å². The maximum absolute atomic E-state index is 11.5. The van der Waals surface area contributed by atoms with Gasteiger partial charge in [-0.25, -0.2) is 4.79 Å². The van der Waals surface area contributed by atoms with Crippen molar-refractivity contribution in [2.24, 2.45) is 0 Å². The van der Waals surface area contributed by atoms with E-state index in [1.807, 2.05) is 4.90 Å². The molecule has 0 spiro atoms. The van der Waals surface area contributed by atoms with Gasteiger partial charge in [0.05, 0.1) is 0 Å². The summed E-state index contributed by atoms with van der Waals surface area (Å²) in [5.74, 6) is 0. The SMILES string of the molecule is Cl.O=C1NCCCN1[C@H]1CCCNC1. The Hall–Kier alpha value is -0.480. The lowest BCUT2D eigenvalue weighted by Gasteiger charge is -2.37. The largest absolute Gasteiger partial charge is 0.338 e. The van der Waals surface area contributed by atoms with Crippen LogP contribution in [0.1, 0.15) is 19.3 Å². The molecular weight excluding hydrogens is 202 g/mol. The molecule has 2 saturated heterocycles. The molecule has 2 aliphatic rings. The highest BCUT2D eigenvalue weighted by molar-refractivity contribution is 5.85. The average molecular weight is 220 g/mol. The summed E-state index contributed by atoms with van der Waals surface area (Å²) in [7, 11) is 0. The molecule has 82 valence electrons. The van der Waals surface area contributed by atoms with Gasteiger partial charge in [-0.2, -0.15) is 0 Å². The molecule has 5 heteroatoms. The fourth-order valence-electron chi connectivity index (χ4n) is 2.10. The zero-order chi connectivity index (χ0) is 9.10. The van der Waals surface area contributed by atoms with E-state index in [1.54, 1.807) is 0 Å². The first kappa shape index (κ1) is 11.6. The predicted molar refractivity (Wildman–Crippen MR) is 57.9 cm³/mol. The molecule has 2 amide bonds. The van der Waals surface area contributed by atoms with Crippen LogP contribution in [0.3, 0.4) is 0 Å². The van der Waals surface area contributed by atoms with Crippen LogP contribution < -0.4 is 10.6 Å². The summed E-state index contributed by atoms with van der Waals surface area (Å²) in [5, 5.41) is 6.22. The minimum Gasteiger partial charge on any atom is -0.338 e. The molecule has 14 heavy (non-hydrogen) atoms. The zero-order valence-electron chi connectivity index (χ0n) is 8.29. The number of hydrogen-bond donors (Lipinski definition) is 2. The van der Waals surface area contributed by atoms with Gasteiger partial charge in [0, 0.05) is 25.7 Å². The van der Waals surface area contributed by atoms with Crippen LogP contribution in [0.4, 0.5) is 4.79 Å². The predicted octanol–water partition coefficient (Wildman–Crippen LogP) is 0.575. The van der Waals surface area contributed by atoms with Gasteiger partial charge in [0.15, 0.2) is 0 Å². The highest BCUT2D eigenvalue weighted by atomic mass is 35.5. The molecule has 0 radical (unpaired) electrons. The molecular formula is C9H18ClN3O. The highest BCUT2D eigenvalue weighted by Crippen LogP contribution is 2.12. The first-order valence-electron chi connectivity index (χ1n) is 5.13. The van der Waals surface area contributed by atoms with Crippen LogP contribution in [0.2, 0.25) is 0 Å². The number of nitrogens with zero attached hydrogens (tertiary/aromatic N) is 1. The van der Waals surface area contributed by atoms with Gasteiger partial charge in [-0.1, -0.05) is 0 Å². The van der Waals surface area contributed by atoms with Crippen molar-refractivity contribution < 1.29 is 4.79 Å². The summed E-state index contributed by atoms with van der Waals surface area (Å²) in [4.78, 5) is 13.5. The fraction of sp³-hybridized carbons (Fsp3) is 0.889. The smallest absolute Gasteiger partial charge is 0.317 e. The molecule has 0 aromatic carbocycles. The van der Waals surface area contributed by atoms with E-state index >= 15 is 0 Å². The fourth-order valence-corrected chi connectivity index (χ4v) is 2.10. The molecule has 2 fully saturated rings. The Kier molecular flexibility index (Phi) is 4.48. The summed E-state index contributed by atoms with van der Waals surface area (Å²) >= 11 is 0. The van der Waals surface area contributed by atoms with Gasteiger partial charge in [-0.05, 0) is 25.8 Å². The minimum atomic E-state index is 0. The van der Waals surface area contributed by atoms with E-state index in [0.29, 0.717) is 6.04 Å². The molecule has 0 bridgehead atoms. The number of rotatable bonds is 1. The molecule has 1 atom stereocenters. The Bertz CT molecular complexity index is 194. The summed E-state index contributed by atoms with van der Waals surface area (Å²) in [6.45, 7) is 3.84. The Morgan fingerprint density at radius 3 is 2.79 bits per heavy atom. The van der Waals surface area contributed by atoms with Crippen molar-refractivity contribution in [3.63, 3.8) is 0 Å². The maximum atomic E-state index is 11.5. The third kappa shape index (κ3) is 2.51. The van der Waals surface area contributed by atoms with Gasteiger partial charge in [0.1, 0.15) is 0 Å². The molecule has 0 unspecified atom stereocenters. The Morgan fingerprint density at radius 2 is 2.14 bits per heavy atom. The van der Waals surface area contributed by atoms with E-state index in [0.717, 1.165) is 39.0 Å². The number of halogens is 1. The minimum absolute atomic E-state index is 0. The third-order valence-corrected chi connectivity index (χ3v) is 2.82. The summed E-state index contributed by atoms with van der Waals surface area (Å²) in [6.07, 6.45) is 3.43. The number of carbonyl (C=O) groups excluding carboxylic acids is 1. The Morgan fingerprint density at radius 1 is 1.29 bits per heavy atom. The summed E-state index contributed by atoms with van der Waals surface area (Å²) in [6, 6.07) is 0.550. The maximum Gasteiger partial charge on any atom is 0.317 e. The first-order chi connectivity index (χ1) is 6.38. The third-order valence-electron chi connectivity index (χ3n) is 2.82. The zero-order valence-corrected chi connectivity index (χ0v) is 9.11. The van der Waals surface area contributed by atoms with Crippen molar-refractivity contribution in [3.8, 4) is 0 Å². The van der Waals surface area contributed by atoms with Crippen LogP contribution in [0.15, 0.2) is 0 Å². The van der Waals surface area contributed by atoms with E-state index in [4.69, 9.17) is 0 Å². The van der Waals surface area contributed by atoms with Crippen LogP contribution in [0.5, 0.6) is 0 Å². The van der Waals surface area contributed by atoms with Crippen molar-refractivity contribution in [1.82, 2.24) is 15.5 Å². The standard InChI is InChI=1S/C9H17N3O.ClH/c13-9-11-5-2-6-12(9)8-3-1-4-10-7-8;/h8,10H,1-7H2,(H,11,13);1H/t8-;/m0./s1. The lowest BCUT2D eigenvalue weighted by molar-refractivity contribution is 0.148. The van der Waals surface area contributed by atoms with Gasteiger partial charge in [0.2, 0.25) is 0 Å². The Balaban J connectivity index is 0.000000980. The molecule has 2 aliphatic heterocycles. The summed E-state index contributed by atoms with van der Waals surface area (Å²) in [5.41, 5.74) is 0. The van der Waals surface area contributed by atoms with Crippen molar-refractivity contribution in [2.45, 2.75) is 25.3 Å². The second kappa shape index (κ2) is 5.41. The molecule has 2 rings (SSSR count).